The number of aromatic nitrogens is 4. The minimum absolute atomic E-state index is 0.105. The normalized spacial score (nSPS) is 25.4. The van der Waals surface area contributed by atoms with Crippen LogP contribution in [0.1, 0.15) is 65.6 Å². The largest absolute Gasteiger partial charge is 0.377 e. The lowest BCUT2D eigenvalue weighted by atomic mass is 9.86. The summed E-state index contributed by atoms with van der Waals surface area (Å²) in [6.07, 6.45) is 2.45. The molecule has 0 N–H and O–H groups in total. The summed E-state index contributed by atoms with van der Waals surface area (Å²) in [4.78, 5) is 6.86. The minimum Gasteiger partial charge on any atom is -0.377 e. The zero-order valence-corrected chi connectivity index (χ0v) is 19.5. The van der Waals surface area contributed by atoms with Crippen LogP contribution >= 0.6 is 11.5 Å². The van der Waals surface area contributed by atoms with E-state index in [4.69, 9.17) is 22.7 Å². The molecule has 2 aliphatic heterocycles. The fourth-order valence-electron chi connectivity index (χ4n) is 4.46. The number of fused-ring (bicyclic) bond motifs is 1. The molecule has 2 aliphatic rings. The molecule has 33 heavy (non-hydrogen) atoms. The molecule has 0 saturated carbocycles. The van der Waals surface area contributed by atoms with E-state index in [1.165, 1.54) is 6.07 Å². The summed E-state index contributed by atoms with van der Waals surface area (Å²) in [7, 11) is 0. The molecule has 3 aromatic rings. The predicted molar refractivity (Wildman–Crippen MR) is 128 cm³/mol. The summed E-state index contributed by atoms with van der Waals surface area (Å²) >= 11 is 0.942. The summed E-state index contributed by atoms with van der Waals surface area (Å²) < 4.78 is 67.8. The van der Waals surface area contributed by atoms with Crippen molar-refractivity contribution in [2.45, 2.75) is 64.5 Å². The maximum Gasteiger partial charge on any atom is 0.150 e. The van der Waals surface area contributed by atoms with E-state index < -0.39 is 19.1 Å². The molecule has 2 atom stereocenters. The second-order valence-electron chi connectivity index (χ2n) is 8.65. The van der Waals surface area contributed by atoms with Gasteiger partial charge in [-0.2, -0.15) is 14.7 Å². The zero-order chi connectivity index (χ0) is 28.2. The third kappa shape index (κ3) is 4.01. The van der Waals surface area contributed by atoms with Gasteiger partial charge in [0.15, 0.2) is 6.23 Å². The first kappa shape index (κ1) is 16.1. The number of hydrogen-bond donors (Lipinski definition) is 0. The Morgan fingerprint density at radius 2 is 2.18 bits per heavy atom. The van der Waals surface area contributed by atoms with Crippen molar-refractivity contribution >= 4 is 27.6 Å². The number of aryl methyl sites for hydroxylation is 1. The summed E-state index contributed by atoms with van der Waals surface area (Å²) in [5, 5.41) is 14.9. The number of rotatable bonds is 4. The van der Waals surface area contributed by atoms with Crippen molar-refractivity contribution in [3.8, 4) is 17.5 Å². The molecule has 0 radical (unpaired) electrons. The topological polar surface area (TPSA) is 89.1 Å². The van der Waals surface area contributed by atoms with Crippen LogP contribution in [0.2, 0.25) is 0 Å². The number of nitrogens with zero attached hydrogens (tertiary/aromatic N) is 6. The van der Waals surface area contributed by atoms with E-state index in [0.717, 1.165) is 36.5 Å². The van der Waals surface area contributed by atoms with Gasteiger partial charge in [-0.3, -0.25) is 0 Å². The Morgan fingerprint density at radius 1 is 1.30 bits per heavy atom. The monoisotopic (exact) mass is 472 g/mol. The van der Waals surface area contributed by atoms with Crippen LogP contribution in [-0.2, 0) is 14.9 Å². The molecule has 1 unspecified atom stereocenters. The SMILES string of the molecule is [2H]C([2H])([2H])C(C#N)(c1cc(N2CCOC[C@H]2C)nc2c(-c3cc(C)nn3C3CCCCO3)nsc12)C([2H])([2H])[2H]. The van der Waals surface area contributed by atoms with Crippen LogP contribution in [0, 0.1) is 18.3 Å². The number of hydrogen-bond acceptors (Lipinski definition) is 8. The first-order valence-electron chi connectivity index (χ1n) is 14.1. The van der Waals surface area contributed by atoms with E-state index in [1.54, 1.807) is 10.8 Å². The van der Waals surface area contributed by atoms with Crippen molar-refractivity contribution in [1.82, 2.24) is 19.1 Å². The number of pyridine rings is 1. The molecule has 8 nitrogen and oxygen atoms in total. The molecule has 0 spiro atoms. The van der Waals surface area contributed by atoms with E-state index >= 15 is 0 Å². The molecular weight excluding hydrogens is 436 g/mol. The molecule has 5 rings (SSSR count). The van der Waals surface area contributed by atoms with Gasteiger partial charge in [0.1, 0.15) is 17.0 Å². The lowest BCUT2D eigenvalue weighted by Crippen LogP contribution is -2.44. The lowest BCUT2D eigenvalue weighted by Gasteiger charge is -2.35. The second kappa shape index (κ2) is 8.67. The highest BCUT2D eigenvalue weighted by Gasteiger charge is 2.31. The summed E-state index contributed by atoms with van der Waals surface area (Å²) in [5.74, 6) is 0.375. The van der Waals surface area contributed by atoms with Crippen molar-refractivity contribution in [3.63, 3.8) is 0 Å². The Hall–Kier alpha value is -2.54. The number of morpholine rings is 1. The third-order valence-electron chi connectivity index (χ3n) is 6.17. The summed E-state index contributed by atoms with van der Waals surface area (Å²) in [5.41, 5.74) is -0.758. The van der Waals surface area contributed by atoms with E-state index in [0.29, 0.717) is 49.1 Å². The van der Waals surface area contributed by atoms with Crippen molar-refractivity contribution in [1.29, 1.82) is 5.26 Å². The molecule has 174 valence electrons. The fraction of sp³-hybridized carbons (Fsp3) is 0.583. The maximum atomic E-state index is 10.3. The molecule has 3 aromatic heterocycles. The van der Waals surface area contributed by atoms with Gasteiger partial charge in [0, 0.05) is 21.4 Å². The van der Waals surface area contributed by atoms with Crippen molar-refractivity contribution < 1.29 is 17.7 Å². The van der Waals surface area contributed by atoms with Crippen molar-refractivity contribution in [3.05, 3.63) is 23.4 Å². The quantitative estimate of drug-likeness (QED) is 0.549. The molecule has 0 aromatic carbocycles. The minimum atomic E-state index is -3.16. The zero-order valence-electron chi connectivity index (χ0n) is 24.7. The highest BCUT2D eigenvalue weighted by Crippen LogP contribution is 2.40. The highest BCUT2D eigenvalue weighted by molar-refractivity contribution is 7.13. The van der Waals surface area contributed by atoms with Gasteiger partial charge in [-0.05, 0) is 76.0 Å². The highest BCUT2D eigenvalue weighted by atomic mass is 32.1. The van der Waals surface area contributed by atoms with Crippen LogP contribution in [0.3, 0.4) is 0 Å². The van der Waals surface area contributed by atoms with Crippen LogP contribution in [0.15, 0.2) is 12.1 Å². The standard InChI is InChI=1S/C24H30N6O2S/c1-15-11-18(30(27-15)20-7-5-6-9-32-20)21-22-23(33-28-21)17(24(3,4)14-25)12-19(26-22)29-8-10-31-13-16(29)2/h11-12,16,20H,5-10,13H2,1-4H3/t16-,20?/m1/s1/i3D3,4D3. The van der Waals surface area contributed by atoms with E-state index in [-0.39, 0.29) is 22.5 Å². The molecular formula is C24H30N6O2S. The van der Waals surface area contributed by atoms with Crippen LogP contribution in [0.5, 0.6) is 0 Å². The summed E-state index contributed by atoms with van der Waals surface area (Å²) in [6.45, 7) is -0.564. The average molecular weight is 473 g/mol. The second-order valence-corrected chi connectivity index (χ2v) is 9.43. The molecule has 0 aliphatic carbocycles. The molecule has 2 fully saturated rings. The van der Waals surface area contributed by atoms with Gasteiger partial charge >= 0.3 is 0 Å². The van der Waals surface area contributed by atoms with Crippen LogP contribution < -0.4 is 4.90 Å². The van der Waals surface area contributed by atoms with Gasteiger partial charge < -0.3 is 14.4 Å². The Kier molecular flexibility index (Phi) is 4.24. The lowest BCUT2D eigenvalue weighted by molar-refractivity contribution is -0.0385. The van der Waals surface area contributed by atoms with Crippen molar-refractivity contribution in [2.24, 2.45) is 0 Å². The Morgan fingerprint density at radius 3 is 2.91 bits per heavy atom. The fourth-order valence-corrected chi connectivity index (χ4v) is 5.36. The smallest absolute Gasteiger partial charge is 0.150 e. The molecule has 0 bridgehead atoms. The summed E-state index contributed by atoms with van der Waals surface area (Å²) in [6, 6.07) is 4.91. The number of anilines is 1. The van der Waals surface area contributed by atoms with Crippen LogP contribution in [-0.4, -0.2) is 51.5 Å². The number of ether oxygens (including phenoxy) is 2. The number of nitriles is 1. The Balaban J connectivity index is 1.81. The van der Waals surface area contributed by atoms with Gasteiger partial charge in [0.25, 0.3) is 0 Å². The van der Waals surface area contributed by atoms with Gasteiger partial charge in [-0.1, -0.05) is 0 Å². The molecule has 2 saturated heterocycles. The average Bonchev–Trinajstić information content (AvgIpc) is 3.47. The van der Waals surface area contributed by atoms with E-state index in [2.05, 4.69) is 9.47 Å². The molecule has 5 heterocycles. The van der Waals surface area contributed by atoms with Crippen molar-refractivity contribution in [2.75, 3.05) is 31.3 Å². The Bertz CT molecular complexity index is 1390. The van der Waals surface area contributed by atoms with Gasteiger partial charge in [-0.15, -0.1) is 0 Å². The van der Waals surface area contributed by atoms with Gasteiger partial charge in [-0.25, -0.2) is 9.67 Å². The van der Waals surface area contributed by atoms with Gasteiger partial charge in [0.05, 0.1) is 46.8 Å². The first-order chi connectivity index (χ1) is 18.4. The Labute approximate surface area is 206 Å². The maximum absolute atomic E-state index is 10.3. The third-order valence-corrected chi connectivity index (χ3v) is 7.04. The molecule has 0 amide bonds. The predicted octanol–water partition coefficient (Wildman–Crippen LogP) is 4.59. The van der Waals surface area contributed by atoms with E-state index in [9.17, 15) is 5.26 Å². The first-order valence-corrected chi connectivity index (χ1v) is 11.9. The van der Waals surface area contributed by atoms with E-state index in [1.807, 2.05) is 24.8 Å². The molecule has 9 heteroatoms. The van der Waals surface area contributed by atoms with Crippen LogP contribution in [0.25, 0.3) is 21.6 Å². The van der Waals surface area contributed by atoms with Gasteiger partial charge in [0.2, 0.25) is 0 Å². The van der Waals surface area contributed by atoms with Crippen LogP contribution in [0.4, 0.5) is 5.82 Å².